The first kappa shape index (κ1) is 24.9. The van der Waals surface area contributed by atoms with Gasteiger partial charge in [0.25, 0.3) is 10.0 Å². The van der Waals surface area contributed by atoms with Gasteiger partial charge in [-0.15, -0.1) is 0 Å². The maximum Gasteiger partial charge on any atom is 0.416 e. The topological polar surface area (TPSA) is 67.8 Å². The van der Waals surface area contributed by atoms with Crippen LogP contribution in [0.3, 0.4) is 0 Å². The fraction of sp³-hybridized carbons (Fsp3) is 0.318. The van der Waals surface area contributed by atoms with E-state index in [-0.39, 0.29) is 40.1 Å². The Morgan fingerprint density at radius 2 is 2.06 bits per heavy atom. The monoisotopic (exact) mass is 534 g/mol. The van der Waals surface area contributed by atoms with Crippen molar-refractivity contribution >= 4 is 39.8 Å². The van der Waals surface area contributed by atoms with Crippen LogP contribution in [0.25, 0.3) is 0 Å². The number of benzene rings is 2. The molecule has 1 aliphatic heterocycles. The normalized spacial score (nSPS) is 20.1. The van der Waals surface area contributed by atoms with Crippen LogP contribution in [0.2, 0.25) is 5.02 Å². The lowest BCUT2D eigenvalue weighted by atomic mass is 10.0. The SMILES string of the molecule is CCC1C=NSC(NS(=O)(=O)c2cc(Cl)c(OC3CCc4c3cccc4C(F)(F)F)cc2F)=C1. The van der Waals surface area contributed by atoms with E-state index in [1.165, 1.54) is 12.1 Å². The van der Waals surface area contributed by atoms with E-state index in [9.17, 15) is 26.0 Å². The number of rotatable bonds is 6. The van der Waals surface area contributed by atoms with Gasteiger partial charge in [0.2, 0.25) is 0 Å². The number of nitrogens with one attached hydrogen (secondary N) is 1. The fourth-order valence-corrected chi connectivity index (χ4v) is 6.21. The average molecular weight is 535 g/mol. The fourth-order valence-electron chi connectivity index (χ4n) is 3.86. The van der Waals surface area contributed by atoms with Gasteiger partial charge in [0.1, 0.15) is 27.6 Å². The Morgan fingerprint density at radius 1 is 1.29 bits per heavy atom. The molecule has 1 N–H and O–H groups in total. The van der Waals surface area contributed by atoms with Crippen molar-refractivity contribution in [2.75, 3.05) is 0 Å². The van der Waals surface area contributed by atoms with Crippen LogP contribution in [0.4, 0.5) is 17.6 Å². The number of alkyl halides is 3. The van der Waals surface area contributed by atoms with Gasteiger partial charge in [0, 0.05) is 30.1 Å². The van der Waals surface area contributed by atoms with E-state index in [4.69, 9.17) is 16.3 Å². The van der Waals surface area contributed by atoms with Crippen molar-refractivity contribution in [1.82, 2.24) is 4.72 Å². The Morgan fingerprint density at radius 3 is 2.76 bits per heavy atom. The van der Waals surface area contributed by atoms with Crippen LogP contribution in [0.15, 0.2) is 50.7 Å². The van der Waals surface area contributed by atoms with Crippen molar-refractivity contribution in [3.8, 4) is 5.75 Å². The van der Waals surface area contributed by atoms with Gasteiger partial charge in [-0.1, -0.05) is 30.7 Å². The van der Waals surface area contributed by atoms with Gasteiger partial charge in [-0.05, 0) is 48.6 Å². The maximum atomic E-state index is 14.9. The van der Waals surface area contributed by atoms with E-state index >= 15 is 0 Å². The second kappa shape index (κ2) is 9.43. The summed E-state index contributed by atoms with van der Waals surface area (Å²) in [6.07, 6.45) is -0.809. The van der Waals surface area contributed by atoms with Crippen molar-refractivity contribution in [3.63, 3.8) is 0 Å². The molecule has 2 aromatic carbocycles. The summed E-state index contributed by atoms with van der Waals surface area (Å²) < 4.78 is 92.3. The summed E-state index contributed by atoms with van der Waals surface area (Å²) >= 11 is 7.11. The largest absolute Gasteiger partial charge is 0.484 e. The number of fused-ring (bicyclic) bond motifs is 1. The lowest BCUT2D eigenvalue weighted by molar-refractivity contribution is -0.138. The third-order valence-electron chi connectivity index (χ3n) is 5.54. The summed E-state index contributed by atoms with van der Waals surface area (Å²) in [7, 11) is -4.31. The molecule has 0 amide bonds. The molecule has 1 aliphatic carbocycles. The van der Waals surface area contributed by atoms with Crippen LogP contribution in [-0.2, 0) is 22.6 Å². The molecule has 0 spiro atoms. The lowest BCUT2D eigenvalue weighted by Gasteiger charge is -2.19. The standard InChI is InChI=1S/C22H19ClF4N2O3S2/c1-2-12-8-21(33-28-11-12)29-34(30,31)20-9-16(23)19(10-17(20)24)32-18-7-6-13-14(18)4-3-5-15(13)22(25,26)27/h3-5,8-12,18,29H,2,6-7H2,1H3. The van der Waals surface area contributed by atoms with Gasteiger partial charge in [-0.2, -0.15) is 13.2 Å². The number of hydrogen-bond donors (Lipinski definition) is 1. The number of sulfonamides is 1. The predicted octanol–water partition coefficient (Wildman–Crippen LogP) is 6.44. The third kappa shape index (κ3) is 5.06. The number of allylic oxidation sites excluding steroid dienone is 1. The Labute approximate surface area is 203 Å². The summed E-state index contributed by atoms with van der Waals surface area (Å²) in [5, 5.41) is 0.0603. The van der Waals surface area contributed by atoms with Gasteiger partial charge < -0.3 is 4.74 Å². The molecule has 1 heterocycles. The molecule has 2 atom stereocenters. The first-order valence-corrected chi connectivity index (χ1v) is 12.9. The van der Waals surface area contributed by atoms with Crippen molar-refractivity contribution in [2.45, 2.75) is 43.4 Å². The van der Waals surface area contributed by atoms with Crippen LogP contribution >= 0.6 is 23.5 Å². The second-order valence-corrected chi connectivity index (χ2v) is 10.7. The predicted molar refractivity (Wildman–Crippen MR) is 123 cm³/mol. The number of hydrogen-bond acceptors (Lipinski definition) is 5. The molecule has 2 aliphatic rings. The van der Waals surface area contributed by atoms with Gasteiger partial charge >= 0.3 is 6.18 Å². The minimum absolute atomic E-state index is 0.0460. The van der Waals surface area contributed by atoms with Gasteiger partial charge in [-0.25, -0.2) is 17.2 Å². The second-order valence-electron chi connectivity index (χ2n) is 7.78. The summed E-state index contributed by atoms with van der Waals surface area (Å²) in [6, 6.07) is 5.58. The summed E-state index contributed by atoms with van der Waals surface area (Å²) in [5.41, 5.74) is -0.256. The molecule has 0 aromatic heterocycles. The Hall–Kier alpha value is -2.24. The van der Waals surface area contributed by atoms with Crippen LogP contribution < -0.4 is 9.46 Å². The zero-order valence-corrected chi connectivity index (χ0v) is 20.1. The van der Waals surface area contributed by atoms with E-state index in [2.05, 4.69) is 9.12 Å². The van der Waals surface area contributed by atoms with E-state index < -0.39 is 38.6 Å². The minimum Gasteiger partial charge on any atom is -0.484 e. The maximum absolute atomic E-state index is 14.9. The van der Waals surface area contributed by atoms with Crippen molar-refractivity contribution in [1.29, 1.82) is 0 Å². The smallest absolute Gasteiger partial charge is 0.416 e. The number of halogens is 5. The molecule has 182 valence electrons. The zero-order chi connectivity index (χ0) is 24.7. The highest BCUT2D eigenvalue weighted by atomic mass is 35.5. The van der Waals surface area contributed by atoms with Crippen LogP contribution in [0, 0.1) is 11.7 Å². The summed E-state index contributed by atoms with van der Waals surface area (Å²) in [4.78, 5) is -0.680. The molecule has 0 fully saturated rings. The Kier molecular flexibility index (Phi) is 6.90. The highest BCUT2D eigenvalue weighted by Crippen LogP contribution is 2.43. The Balaban J connectivity index is 1.58. The zero-order valence-electron chi connectivity index (χ0n) is 17.7. The molecule has 2 aromatic rings. The third-order valence-corrected chi connectivity index (χ3v) is 8.01. The number of nitrogens with zero attached hydrogens (tertiary/aromatic N) is 1. The molecule has 0 bridgehead atoms. The van der Waals surface area contributed by atoms with Crippen LogP contribution in [0.5, 0.6) is 5.75 Å². The van der Waals surface area contributed by atoms with E-state index in [1.54, 1.807) is 12.3 Å². The number of ether oxygens (including phenoxy) is 1. The van der Waals surface area contributed by atoms with Crippen molar-refractivity contribution in [2.24, 2.45) is 10.3 Å². The first-order valence-electron chi connectivity index (χ1n) is 10.3. The summed E-state index contributed by atoms with van der Waals surface area (Å²) in [6.45, 7) is 1.92. The quantitative estimate of drug-likeness (QED) is 0.342. The van der Waals surface area contributed by atoms with Crippen molar-refractivity contribution in [3.05, 3.63) is 69.0 Å². The highest BCUT2D eigenvalue weighted by molar-refractivity contribution is 8.03. The van der Waals surface area contributed by atoms with Crippen molar-refractivity contribution < 1.29 is 30.7 Å². The van der Waals surface area contributed by atoms with E-state index in [0.717, 1.165) is 36.6 Å². The molecule has 12 heteroatoms. The summed E-state index contributed by atoms with van der Waals surface area (Å²) in [5.74, 6) is -1.31. The molecular formula is C22H19ClF4N2O3S2. The molecule has 0 radical (unpaired) electrons. The average Bonchev–Trinajstić information content (AvgIpc) is 3.18. The van der Waals surface area contributed by atoms with Gasteiger partial charge in [-0.3, -0.25) is 4.72 Å². The molecular weight excluding hydrogens is 516 g/mol. The molecule has 2 unspecified atom stereocenters. The van der Waals surface area contributed by atoms with Crippen LogP contribution in [-0.4, -0.2) is 14.6 Å². The molecule has 5 nitrogen and oxygen atoms in total. The Bertz CT molecular complexity index is 1280. The van der Waals surface area contributed by atoms with Crippen LogP contribution in [0.1, 0.15) is 42.6 Å². The lowest BCUT2D eigenvalue weighted by Crippen LogP contribution is -2.24. The molecule has 0 saturated heterocycles. The first-order chi connectivity index (χ1) is 16.0. The highest BCUT2D eigenvalue weighted by Gasteiger charge is 2.38. The molecule has 34 heavy (non-hydrogen) atoms. The van der Waals surface area contributed by atoms with Gasteiger partial charge in [0.05, 0.1) is 10.6 Å². The van der Waals surface area contributed by atoms with Gasteiger partial charge in [0.15, 0.2) is 0 Å². The molecule has 0 saturated carbocycles. The van der Waals surface area contributed by atoms with E-state index in [0.29, 0.717) is 5.56 Å². The van der Waals surface area contributed by atoms with E-state index in [1.807, 2.05) is 6.92 Å². The minimum atomic E-state index is -4.50. The molecule has 4 rings (SSSR count).